The van der Waals surface area contributed by atoms with Crippen LogP contribution in [0.2, 0.25) is 0 Å². The SMILES string of the molecule is COc1cc([C@H]2[C@@H]3SC(N)=NC3=NN2c2ccc([N+](=O)[O-])cc2[N+](=O)[O-])ccc1O. The van der Waals surface area contributed by atoms with Gasteiger partial charge in [-0.3, -0.25) is 20.2 Å². The second kappa shape index (κ2) is 7.18. The third-order valence-electron chi connectivity index (χ3n) is 4.65. The van der Waals surface area contributed by atoms with Crippen molar-refractivity contribution in [3.63, 3.8) is 0 Å². The van der Waals surface area contributed by atoms with Gasteiger partial charge in [0.1, 0.15) is 10.9 Å². The molecule has 154 valence electrons. The van der Waals surface area contributed by atoms with Crippen LogP contribution >= 0.6 is 11.8 Å². The number of rotatable bonds is 5. The molecule has 30 heavy (non-hydrogen) atoms. The number of nitro groups is 2. The van der Waals surface area contributed by atoms with E-state index in [2.05, 4.69) is 10.1 Å². The molecule has 2 aliphatic heterocycles. The number of benzene rings is 2. The van der Waals surface area contributed by atoms with Crippen LogP contribution < -0.4 is 15.5 Å². The number of non-ortho nitro benzene ring substituents is 1. The largest absolute Gasteiger partial charge is 0.504 e. The fourth-order valence-corrected chi connectivity index (χ4v) is 4.35. The number of phenols is 1. The first-order valence-corrected chi connectivity index (χ1v) is 9.36. The molecule has 0 saturated carbocycles. The molecule has 0 fully saturated rings. The smallest absolute Gasteiger partial charge is 0.301 e. The number of nitrogens with zero attached hydrogens (tertiary/aromatic N) is 5. The van der Waals surface area contributed by atoms with Crippen molar-refractivity contribution in [1.82, 2.24) is 0 Å². The molecule has 0 aromatic heterocycles. The first-order valence-electron chi connectivity index (χ1n) is 8.48. The molecule has 2 atom stereocenters. The van der Waals surface area contributed by atoms with Crippen molar-refractivity contribution in [2.24, 2.45) is 15.8 Å². The lowest BCUT2D eigenvalue weighted by atomic mass is 10.0. The number of phenolic OH excluding ortho intramolecular Hbond substituents is 1. The van der Waals surface area contributed by atoms with Crippen LogP contribution in [0.4, 0.5) is 17.1 Å². The molecule has 13 heteroatoms. The number of nitrogens with two attached hydrogens (primary N) is 1. The number of aromatic hydroxyl groups is 1. The van der Waals surface area contributed by atoms with Gasteiger partial charge in [-0.15, -0.1) is 0 Å². The third-order valence-corrected chi connectivity index (χ3v) is 5.70. The topological polar surface area (TPSA) is 170 Å². The summed E-state index contributed by atoms with van der Waals surface area (Å²) >= 11 is 1.25. The standard InChI is InChI=1S/C17H14N6O6S/c1-29-13-6-8(2-5-12(13)24)14-15-16(19-17(18)30-15)20-21(14)10-4-3-9(22(25)26)7-11(10)23(27)28/h2-7,14-15,24H,1H3,(H2,18,19,20)/t14-,15-/m0/s1. The number of methoxy groups -OCH3 is 1. The number of fused-ring (bicyclic) bond motifs is 1. The van der Waals surface area contributed by atoms with Crippen LogP contribution in [-0.2, 0) is 0 Å². The molecule has 3 N–H and O–H groups in total. The van der Waals surface area contributed by atoms with Crippen LogP contribution in [0.15, 0.2) is 46.5 Å². The van der Waals surface area contributed by atoms with Crippen LogP contribution in [0.25, 0.3) is 0 Å². The molecule has 0 radical (unpaired) electrons. The molecule has 2 aromatic rings. The van der Waals surface area contributed by atoms with Gasteiger partial charge in [0.05, 0.1) is 29.1 Å². The Morgan fingerprint density at radius 2 is 1.97 bits per heavy atom. The molecule has 0 bridgehead atoms. The quantitative estimate of drug-likeness (QED) is 0.534. The van der Waals surface area contributed by atoms with E-state index in [0.717, 1.165) is 6.07 Å². The maximum absolute atomic E-state index is 11.6. The minimum absolute atomic E-state index is 0.0666. The Morgan fingerprint density at radius 3 is 2.63 bits per heavy atom. The molecule has 12 nitrogen and oxygen atoms in total. The fraction of sp³-hybridized carbons (Fsp3) is 0.176. The average Bonchev–Trinajstić information content (AvgIpc) is 3.23. The number of ether oxygens (including phenoxy) is 1. The summed E-state index contributed by atoms with van der Waals surface area (Å²) in [7, 11) is 1.40. The van der Waals surface area contributed by atoms with E-state index >= 15 is 0 Å². The lowest BCUT2D eigenvalue weighted by molar-refractivity contribution is -0.393. The lowest BCUT2D eigenvalue weighted by Gasteiger charge is -2.27. The Balaban J connectivity index is 1.87. The Bertz CT molecular complexity index is 1140. The van der Waals surface area contributed by atoms with Gasteiger partial charge >= 0.3 is 5.69 Å². The summed E-state index contributed by atoms with van der Waals surface area (Å²) in [6.07, 6.45) is 0. The van der Waals surface area contributed by atoms with E-state index in [1.165, 1.54) is 42.1 Å². The Morgan fingerprint density at radius 1 is 1.20 bits per heavy atom. The van der Waals surface area contributed by atoms with Gasteiger partial charge < -0.3 is 15.6 Å². The van der Waals surface area contributed by atoms with E-state index in [-0.39, 0.29) is 22.4 Å². The Hall–Kier alpha value is -3.87. The number of nitro benzene ring substituents is 2. The van der Waals surface area contributed by atoms with Crippen molar-refractivity contribution in [3.05, 3.63) is 62.2 Å². The van der Waals surface area contributed by atoms with Gasteiger partial charge in [0, 0.05) is 6.07 Å². The summed E-state index contributed by atoms with van der Waals surface area (Å²) < 4.78 is 5.17. The first-order chi connectivity index (χ1) is 14.3. The summed E-state index contributed by atoms with van der Waals surface area (Å²) in [5, 5.41) is 38.4. The van der Waals surface area contributed by atoms with E-state index in [9.17, 15) is 25.3 Å². The van der Waals surface area contributed by atoms with Crippen molar-refractivity contribution in [2.75, 3.05) is 12.1 Å². The minimum Gasteiger partial charge on any atom is -0.504 e. The van der Waals surface area contributed by atoms with E-state index in [4.69, 9.17) is 10.5 Å². The molecule has 0 unspecified atom stereocenters. The highest BCUT2D eigenvalue weighted by Gasteiger charge is 2.45. The zero-order valence-electron chi connectivity index (χ0n) is 15.3. The highest BCUT2D eigenvalue weighted by Crippen LogP contribution is 2.47. The second-order valence-corrected chi connectivity index (χ2v) is 7.52. The van der Waals surface area contributed by atoms with Crippen molar-refractivity contribution in [1.29, 1.82) is 0 Å². The molecule has 0 amide bonds. The van der Waals surface area contributed by atoms with Gasteiger partial charge in [-0.05, 0) is 23.8 Å². The number of hydrogen-bond donors (Lipinski definition) is 2. The summed E-state index contributed by atoms with van der Waals surface area (Å²) in [5.74, 6) is 0.529. The normalized spacial score (nSPS) is 19.8. The van der Waals surface area contributed by atoms with Gasteiger partial charge in [-0.25, -0.2) is 10.0 Å². The molecule has 0 aliphatic carbocycles. The summed E-state index contributed by atoms with van der Waals surface area (Å²) in [6.45, 7) is 0. The van der Waals surface area contributed by atoms with Gasteiger partial charge in [-0.2, -0.15) is 5.10 Å². The predicted octanol–water partition coefficient (Wildman–Crippen LogP) is 2.52. The van der Waals surface area contributed by atoms with Gasteiger partial charge in [-0.1, -0.05) is 17.8 Å². The van der Waals surface area contributed by atoms with Crippen LogP contribution in [-0.4, -0.2) is 38.3 Å². The molecule has 4 rings (SSSR count). The van der Waals surface area contributed by atoms with E-state index < -0.39 is 27.3 Å². The van der Waals surface area contributed by atoms with Crippen molar-refractivity contribution < 1.29 is 19.7 Å². The summed E-state index contributed by atoms with van der Waals surface area (Å²) in [6, 6.07) is 7.45. The van der Waals surface area contributed by atoms with E-state index in [1.807, 2.05) is 0 Å². The van der Waals surface area contributed by atoms with E-state index in [0.29, 0.717) is 16.6 Å². The molecular weight excluding hydrogens is 416 g/mol. The highest BCUT2D eigenvalue weighted by molar-refractivity contribution is 8.15. The van der Waals surface area contributed by atoms with Crippen molar-refractivity contribution in [3.8, 4) is 11.5 Å². The molecule has 2 aliphatic rings. The van der Waals surface area contributed by atoms with Crippen LogP contribution in [0, 0.1) is 20.2 Å². The van der Waals surface area contributed by atoms with Crippen LogP contribution in [0.5, 0.6) is 11.5 Å². The minimum atomic E-state index is -0.704. The molecule has 2 heterocycles. The number of hydrazone groups is 1. The average molecular weight is 430 g/mol. The van der Waals surface area contributed by atoms with Gasteiger partial charge in [0.25, 0.3) is 5.69 Å². The Labute approximate surface area is 172 Å². The number of amidine groups is 2. The maximum Gasteiger partial charge on any atom is 0.301 e. The highest BCUT2D eigenvalue weighted by atomic mass is 32.2. The molecule has 0 spiro atoms. The fourth-order valence-electron chi connectivity index (χ4n) is 3.33. The first kappa shape index (κ1) is 19.4. The maximum atomic E-state index is 11.6. The summed E-state index contributed by atoms with van der Waals surface area (Å²) in [4.78, 5) is 25.5. The molecular formula is C17H14N6O6S. The lowest BCUT2D eigenvalue weighted by Crippen LogP contribution is -2.27. The molecule has 2 aromatic carbocycles. The van der Waals surface area contributed by atoms with Crippen LogP contribution in [0.3, 0.4) is 0 Å². The summed E-state index contributed by atoms with van der Waals surface area (Å²) in [5.41, 5.74) is 5.66. The van der Waals surface area contributed by atoms with Crippen molar-refractivity contribution >= 4 is 39.8 Å². The van der Waals surface area contributed by atoms with Crippen LogP contribution in [0.1, 0.15) is 11.6 Å². The predicted molar refractivity (Wildman–Crippen MR) is 110 cm³/mol. The van der Waals surface area contributed by atoms with Crippen molar-refractivity contribution in [2.45, 2.75) is 11.3 Å². The van der Waals surface area contributed by atoms with E-state index in [1.54, 1.807) is 12.1 Å². The monoisotopic (exact) mass is 430 g/mol. The number of anilines is 1. The zero-order chi connectivity index (χ0) is 21.6. The third kappa shape index (κ3) is 3.14. The van der Waals surface area contributed by atoms with Gasteiger partial charge in [0.2, 0.25) is 0 Å². The number of hydrogen-bond acceptors (Lipinski definition) is 11. The Kier molecular flexibility index (Phi) is 4.66. The number of thioether (sulfide) groups is 1. The zero-order valence-corrected chi connectivity index (χ0v) is 16.1. The van der Waals surface area contributed by atoms with Gasteiger partial charge in [0.15, 0.2) is 22.5 Å². The number of aliphatic imine (C=N–C) groups is 1. The second-order valence-electron chi connectivity index (χ2n) is 6.35. The molecule has 0 saturated heterocycles.